The normalized spacial score (nSPS) is 11.6. The number of rotatable bonds is 5. The van der Waals surface area contributed by atoms with Gasteiger partial charge in [-0.05, 0) is 48.0 Å². The van der Waals surface area contributed by atoms with E-state index in [1.807, 2.05) is 41.1 Å². The van der Waals surface area contributed by atoms with E-state index >= 15 is 0 Å². The van der Waals surface area contributed by atoms with Crippen molar-refractivity contribution in [2.75, 3.05) is 0 Å². The molecule has 6 aromatic rings. The Morgan fingerprint density at radius 1 is 0.868 bits per heavy atom. The third kappa shape index (κ3) is 4.40. The fraction of sp³-hybridized carbons (Fsp3) is 0.125. The molecule has 3 heterocycles. The number of aromatic nitrogens is 3. The monoisotopic (exact) mass is 693 g/mol. The summed E-state index contributed by atoms with van der Waals surface area (Å²) in [7, 11) is -2.05. The van der Waals surface area contributed by atoms with Crippen LogP contribution in [0.4, 0.5) is 0 Å². The molecule has 0 amide bonds. The summed E-state index contributed by atoms with van der Waals surface area (Å²) in [5.41, 5.74) is 5.66. The van der Waals surface area contributed by atoms with Crippen LogP contribution in [-0.2, 0) is 27.5 Å². The van der Waals surface area contributed by atoms with E-state index in [0.717, 1.165) is 39.6 Å². The molecule has 0 aliphatic carbocycles. The standard InChI is InChI=1S/C32H28N3OSi.Pt/c1-4-22-18-19-33-31(20-22)37(2,3)24-11-9-10-23(21-24)27-17-16-26-25-12-5-6-13-28(25)35(32(26)34-27)29-14-7-8-15-30(29)36;/h5-20,36H,4H2,1-3H3;/q-1;. The van der Waals surface area contributed by atoms with E-state index in [1.165, 1.54) is 16.1 Å². The number of hydrogen-bond acceptors (Lipinski definition) is 3. The van der Waals surface area contributed by atoms with Crippen molar-refractivity contribution in [3.8, 4) is 22.7 Å². The zero-order valence-electron chi connectivity index (χ0n) is 21.5. The Kier molecular flexibility index (Phi) is 7.08. The van der Waals surface area contributed by atoms with Crippen molar-refractivity contribution in [2.45, 2.75) is 26.4 Å². The molecule has 0 bridgehead atoms. The fourth-order valence-electron chi connectivity index (χ4n) is 5.04. The molecular weight excluding hydrogens is 666 g/mol. The van der Waals surface area contributed by atoms with Gasteiger partial charge in [0.2, 0.25) is 0 Å². The van der Waals surface area contributed by atoms with Crippen LogP contribution in [0.1, 0.15) is 12.5 Å². The molecule has 3 aromatic heterocycles. The molecule has 0 saturated carbocycles. The van der Waals surface area contributed by atoms with E-state index in [1.54, 1.807) is 6.07 Å². The van der Waals surface area contributed by atoms with Gasteiger partial charge in [0.1, 0.15) is 19.5 Å². The van der Waals surface area contributed by atoms with E-state index in [-0.39, 0.29) is 26.8 Å². The molecule has 0 unspecified atom stereocenters. The Balaban J connectivity index is 0.00000294. The third-order valence-corrected chi connectivity index (χ3v) is 10.5. The van der Waals surface area contributed by atoms with Crippen LogP contribution in [0.15, 0.2) is 97.2 Å². The molecule has 0 atom stereocenters. The van der Waals surface area contributed by atoms with Crippen LogP contribution in [0.3, 0.4) is 0 Å². The summed E-state index contributed by atoms with van der Waals surface area (Å²) in [6.45, 7) is 6.84. The van der Waals surface area contributed by atoms with Gasteiger partial charge in [0.15, 0.2) is 0 Å². The van der Waals surface area contributed by atoms with Crippen molar-refractivity contribution < 1.29 is 26.2 Å². The molecule has 4 nitrogen and oxygen atoms in total. The topological polar surface area (TPSA) is 50.9 Å². The molecule has 0 aliphatic heterocycles. The minimum Gasteiger partial charge on any atom is -0.506 e. The molecule has 3 aromatic carbocycles. The number of phenols is 1. The van der Waals surface area contributed by atoms with Gasteiger partial charge in [-0.1, -0.05) is 62.5 Å². The minimum atomic E-state index is -2.05. The van der Waals surface area contributed by atoms with E-state index in [4.69, 9.17) is 9.97 Å². The Morgan fingerprint density at radius 3 is 2.47 bits per heavy atom. The quantitative estimate of drug-likeness (QED) is 0.175. The van der Waals surface area contributed by atoms with Crippen LogP contribution < -0.4 is 10.5 Å². The largest absolute Gasteiger partial charge is 0.506 e. The maximum Gasteiger partial charge on any atom is 0.139 e. The van der Waals surface area contributed by atoms with E-state index in [2.05, 4.69) is 80.7 Å². The van der Waals surface area contributed by atoms with Gasteiger partial charge in [-0.2, -0.15) is 0 Å². The number of fused-ring (bicyclic) bond motifs is 3. The molecular formula is C32H28N3OPtSi-. The van der Waals surface area contributed by atoms with E-state index in [0.29, 0.717) is 5.69 Å². The first-order chi connectivity index (χ1) is 18.0. The average molecular weight is 694 g/mol. The SMILES string of the molecule is CCc1ccnc([Si](C)(C)c2[c-]c(-c3ccc4c5ccccc5n(-c5ccccc5O)c4n3)ccc2)c1.[Pt]. The predicted molar refractivity (Wildman–Crippen MR) is 155 cm³/mol. The maximum atomic E-state index is 10.7. The molecule has 0 saturated heterocycles. The second kappa shape index (κ2) is 10.3. The number of benzene rings is 3. The molecule has 0 fully saturated rings. The molecule has 6 rings (SSSR count). The molecule has 0 aliphatic rings. The fourth-order valence-corrected chi connectivity index (χ4v) is 7.22. The number of nitrogens with zero attached hydrogens (tertiary/aromatic N) is 3. The van der Waals surface area contributed by atoms with Crippen molar-refractivity contribution in [1.82, 2.24) is 14.5 Å². The van der Waals surface area contributed by atoms with E-state index < -0.39 is 8.07 Å². The smallest absolute Gasteiger partial charge is 0.139 e. The van der Waals surface area contributed by atoms with Gasteiger partial charge in [0, 0.05) is 43.4 Å². The van der Waals surface area contributed by atoms with Crippen molar-refractivity contribution in [1.29, 1.82) is 0 Å². The van der Waals surface area contributed by atoms with E-state index in [9.17, 15) is 5.11 Å². The predicted octanol–water partition coefficient (Wildman–Crippen LogP) is 6.13. The number of aryl methyl sites for hydroxylation is 1. The first-order valence-electron chi connectivity index (χ1n) is 12.6. The first kappa shape index (κ1) is 26.1. The third-order valence-electron chi connectivity index (χ3n) is 7.26. The van der Waals surface area contributed by atoms with Gasteiger partial charge in [-0.3, -0.25) is 14.5 Å². The van der Waals surface area contributed by atoms with Crippen molar-refractivity contribution in [3.63, 3.8) is 0 Å². The number of hydrogen-bond donors (Lipinski definition) is 1. The van der Waals surface area contributed by atoms with Crippen LogP contribution in [-0.4, -0.2) is 27.7 Å². The second-order valence-corrected chi connectivity index (χ2v) is 14.2. The molecule has 0 radical (unpaired) electrons. The summed E-state index contributed by atoms with van der Waals surface area (Å²) >= 11 is 0. The van der Waals surface area contributed by atoms with Gasteiger partial charge in [0.05, 0.1) is 11.2 Å². The minimum absolute atomic E-state index is 0. The van der Waals surface area contributed by atoms with Gasteiger partial charge in [-0.15, -0.1) is 35.0 Å². The Labute approximate surface area is 238 Å². The molecule has 6 heteroatoms. The van der Waals surface area contributed by atoms with Crippen LogP contribution in [0.2, 0.25) is 13.1 Å². The van der Waals surface area contributed by atoms with Gasteiger partial charge >= 0.3 is 0 Å². The number of pyridine rings is 2. The first-order valence-corrected chi connectivity index (χ1v) is 15.6. The van der Waals surface area contributed by atoms with Crippen LogP contribution >= 0.6 is 0 Å². The summed E-state index contributed by atoms with van der Waals surface area (Å²) in [5, 5.41) is 15.2. The molecule has 0 spiro atoms. The zero-order chi connectivity index (χ0) is 25.6. The van der Waals surface area contributed by atoms with Crippen LogP contribution in [0.5, 0.6) is 5.75 Å². The molecule has 38 heavy (non-hydrogen) atoms. The Morgan fingerprint density at radius 2 is 1.66 bits per heavy atom. The Bertz CT molecular complexity index is 1780. The maximum absolute atomic E-state index is 10.7. The zero-order valence-corrected chi connectivity index (χ0v) is 24.8. The molecule has 1 N–H and O–H groups in total. The van der Waals surface area contributed by atoms with Gasteiger partial charge in [0.25, 0.3) is 0 Å². The summed E-state index contributed by atoms with van der Waals surface area (Å²) in [5.74, 6) is 0.223. The summed E-state index contributed by atoms with van der Waals surface area (Å²) in [6.07, 6.45) is 2.93. The summed E-state index contributed by atoms with van der Waals surface area (Å²) in [6, 6.07) is 34.2. The molecule has 192 valence electrons. The van der Waals surface area contributed by atoms with Gasteiger partial charge in [-0.25, -0.2) is 0 Å². The van der Waals surface area contributed by atoms with Gasteiger partial charge < -0.3 is 5.11 Å². The van der Waals surface area contributed by atoms with Crippen LogP contribution in [0, 0.1) is 6.07 Å². The van der Waals surface area contributed by atoms with Crippen LogP contribution in [0.25, 0.3) is 38.9 Å². The Hall–Kier alpha value is -3.53. The second-order valence-electron chi connectivity index (χ2n) is 9.91. The summed E-state index contributed by atoms with van der Waals surface area (Å²) in [4.78, 5) is 9.90. The number of phenolic OH excluding ortho intramolecular Hbond substituents is 1. The number of aromatic hydroxyl groups is 1. The average Bonchev–Trinajstić information content (AvgIpc) is 3.27. The number of para-hydroxylation sites is 3. The van der Waals surface area contributed by atoms with Crippen molar-refractivity contribution in [3.05, 3.63) is 109 Å². The summed E-state index contributed by atoms with van der Waals surface area (Å²) < 4.78 is 2.05. The van der Waals surface area contributed by atoms with Crippen molar-refractivity contribution >= 4 is 40.5 Å². The van der Waals surface area contributed by atoms with Crippen molar-refractivity contribution in [2.24, 2.45) is 0 Å².